The lowest BCUT2D eigenvalue weighted by atomic mass is 10.1. The Labute approximate surface area is 187 Å². The SMILES string of the molecule is Cc1ccc(-c2cc(NC(=O)Cn3cnc4sccc4c3=O)n(-c3ccccc3)n2)cc1. The number of hydrogen-bond acceptors (Lipinski definition) is 5. The molecule has 0 unspecified atom stereocenters. The Bertz CT molecular complexity index is 1470. The lowest BCUT2D eigenvalue weighted by molar-refractivity contribution is -0.116. The molecule has 3 heterocycles. The molecule has 0 atom stereocenters. The van der Waals surface area contributed by atoms with Gasteiger partial charge in [-0.15, -0.1) is 11.3 Å². The van der Waals surface area contributed by atoms with Crippen LogP contribution in [0.15, 0.2) is 83.2 Å². The highest BCUT2D eigenvalue weighted by Gasteiger charge is 2.15. The van der Waals surface area contributed by atoms with Crippen molar-refractivity contribution < 1.29 is 4.79 Å². The minimum Gasteiger partial charge on any atom is -0.309 e. The number of fused-ring (bicyclic) bond motifs is 1. The van der Waals surface area contributed by atoms with Gasteiger partial charge in [-0.1, -0.05) is 48.0 Å². The summed E-state index contributed by atoms with van der Waals surface area (Å²) in [5, 5.41) is 9.95. The Morgan fingerprint density at radius 3 is 2.62 bits per heavy atom. The highest BCUT2D eigenvalue weighted by molar-refractivity contribution is 7.16. The second-order valence-electron chi connectivity index (χ2n) is 7.39. The Hall–Kier alpha value is -4.04. The van der Waals surface area contributed by atoms with Gasteiger partial charge in [0.15, 0.2) is 0 Å². The van der Waals surface area contributed by atoms with E-state index in [1.807, 2.05) is 73.0 Å². The molecular weight excluding hydrogens is 422 g/mol. The second kappa shape index (κ2) is 8.24. The molecule has 7 nitrogen and oxygen atoms in total. The first-order chi connectivity index (χ1) is 15.6. The van der Waals surface area contributed by atoms with Crippen LogP contribution in [-0.4, -0.2) is 25.2 Å². The number of rotatable bonds is 5. The number of amides is 1. The molecule has 32 heavy (non-hydrogen) atoms. The fraction of sp³-hybridized carbons (Fsp3) is 0.0833. The Balaban J connectivity index is 1.47. The molecule has 8 heteroatoms. The van der Waals surface area contributed by atoms with Crippen LogP contribution < -0.4 is 10.9 Å². The van der Waals surface area contributed by atoms with Gasteiger partial charge < -0.3 is 5.32 Å². The number of thiophene rings is 1. The van der Waals surface area contributed by atoms with Crippen molar-refractivity contribution in [2.75, 3.05) is 5.32 Å². The third-order valence-electron chi connectivity index (χ3n) is 5.09. The molecule has 0 fully saturated rings. The molecule has 0 spiro atoms. The summed E-state index contributed by atoms with van der Waals surface area (Å²) in [4.78, 5) is 30.4. The third-order valence-corrected chi connectivity index (χ3v) is 5.91. The predicted octanol–water partition coefficient (Wildman–Crippen LogP) is 4.26. The third kappa shape index (κ3) is 3.83. The largest absolute Gasteiger partial charge is 0.309 e. The van der Waals surface area contributed by atoms with E-state index in [2.05, 4.69) is 10.3 Å². The molecular formula is C24H19N5O2S. The molecule has 5 aromatic rings. The van der Waals surface area contributed by atoms with E-state index in [0.29, 0.717) is 16.0 Å². The minimum atomic E-state index is -0.337. The van der Waals surface area contributed by atoms with Crippen LogP contribution in [0.1, 0.15) is 5.56 Å². The van der Waals surface area contributed by atoms with Crippen LogP contribution in [-0.2, 0) is 11.3 Å². The van der Waals surface area contributed by atoms with E-state index in [4.69, 9.17) is 5.10 Å². The van der Waals surface area contributed by atoms with E-state index in [1.54, 1.807) is 10.7 Å². The lowest BCUT2D eigenvalue weighted by Gasteiger charge is -2.09. The lowest BCUT2D eigenvalue weighted by Crippen LogP contribution is -2.28. The second-order valence-corrected chi connectivity index (χ2v) is 8.29. The van der Waals surface area contributed by atoms with Gasteiger partial charge in [0.05, 0.1) is 23.1 Å². The number of aromatic nitrogens is 4. The van der Waals surface area contributed by atoms with Crippen molar-refractivity contribution >= 4 is 33.3 Å². The fourth-order valence-electron chi connectivity index (χ4n) is 3.44. The molecule has 0 saturated heterocycles. The maximum Gasteiger partial charge on any atom is 0.262 e. The first kappa shape index (κ1) is 19.9. The van der Waals surface area contributed by atoms with E-state index in [9.17, 15) is 9.59 Å². The highest BCUT2D eigenvalue weighted by Crippen LogP contribution is 2.25. The summed E-state index contributed by atoms with van der Waals surface area (Å²) < 4.78 is 3.00. The van der Waals surface area contributed by atoms with E-state index in [1.165, 1.54) is 22.2 Å². The molecule has 158 valence electrons. The highest BCUT2D eigenvalue weighted by atomic mass is 32.1. The van der Waals surface area contributed by atoms with Crippen molar-refractivity contribution in [2.45, 2.75) is 13.5 Å². The van der Waals surface area contributed by atoms with Crippen molar-refractivity contribution in [3.05, 3.63) is 94.4 Å². The summed E-state index contributed by atoms with van der Waals surface area (Å²) in [7, 11) is 0. The molecule has 0 radical (unpaired) electrons. The molecule has 0 aliphatic heterocycles. The van der Waals surface area contributed by atoms with Crippen LogP contribution in [0.4, 0.5) is 5.82 Å². The van der Waals surface area contributed by atoms with Gasteiger partial charge in [-0.05, 0) is 30.5 Å². The quantitative estimate of drug-likeness (QED) is 0.442. The summed E-state index contributed by atoms with van der Waals surface area (Å²) in [6.07, 6.45) is 1.41. The fourth-order valence-corrected chi connectivity index (χ4v) is 4.17. The van der Waals surface area contributed by atoms with Gasteiger partial charge in [0.1, 0.15) is 17.2 Å². The van der Waals surface area contributed by atoms with Gasteiger partial charge in [0.2, 0.25) is 5.91 Å². The normalized spacial score (nSPS) is 11.0. The van der Waals surface area contributed by atoms with E-state index >= 15 is 0 Å². The maximum atomic E-state index is 12.8. The first-order valence-electron chi connectivity index (χ1n) is 10.0. The van der Waals surface area contributed by atoms with Crippen LogP contribution >= 0.6 is 11.3 Å². The standard InChI is InChI=1S/C24H19N5O2S/c1-16-7-9-17(10-8-16)20-13-21(29(27-20)18-5-3-2-4-6-18)26-22(30)14-28-15-25-23-19(24(28)31)11-12-32-23/h2-13,15H,14H2,1H3,(H,26,30). The van der Waals surface area contributed by atoms with Crippen LogP contribution in [0.5, 0.6) is 0 Å². The zero-order chi connectivity index (χ0) is 22.1. The van der Waals surface area contributed by atoms with Crippen LogP contribution in [0.2, 0.25) is 0 Å². The summed E-state index contributed by atoms with van der Waals surface area (Å²) in [5.41, 5.74) is 3.43. The van der Waals surface area contributed by atoms with Gasteiger partial charge in [0.25, 0.3) is 5.56 Å². The van der Waals surface area contributed by atoms with Crippen LogP contribution in [0, 0.1) is 6.92 Å². The maximum absolute atomic E-state index is 12.8. The minimum absolute atomic E-state index is 0.141. The number of para-hydroxylation sites is 1. The smallest absolute Gasteiger partial charge is 0.262 e. The van der Waals surface area contributed by atoms with Crippen LogP contribution in [0.3, 0.4) is 0 Å². The number of carbonyl (C=O) groups is 1. The number of aryl methyl sites for hydroxylation is 1. The van der Waals surface area contributed by atoms with Crippen molar-refractivity contribution in [1.29, 1.82) is 0 Å². The molecule has 1 amide bonds. The van der Waals surface area contributed by atoms with Gasteiger partial charge >= 0.3 is 0 Å². The van der Waals surface area contributed by atoms with Gasteiger partial charge in [0, 0.05) is 11.6 Å². The van der Waals surface area contributed by atoms with Crippen molar-refractivity contribution in [3.8, 4) is 16.9 Å². The van der Waals surface area contributed by atoms with Gasteiger partial charge in [-0.2, -0.15) is 5.10 Å². The van der Waals surface area contributed by atoms with E-state index in [0.717, 1.165) is 22.5 Å². The number of hydrogen-bond donors (Lipinski definition) is 1. The van der Waals surface area contributed by atoms with Gasteiger partial charge in [-0.3, -0.25) is 14.2 Å². The van der Waals surface area contributed by atoms with Gasteiger partial charge in [-0.25, -0.2) is 9.67 Å². The molecule has 0 aliphatic carbocycles. The zero-order valence-electron chi connectivity index (χ0n) is 17.2. The van der Waals surface area contributed by atoms with E-state index < -0.39 is 0 Å². The summed E-state index contributed by atoms with van der Waals surface area (Å²) in [6.45, 7) is 1.89. The summed E-state index contributed by atoms with van der Waals surface area (Å²) in [6, 6.07) is 21.2. The number of nitrogens with zero attached hydrogens (tertiary/aromatic N) is 4. The van der Waals surface area contributed by atoms with Crippen molar-refractivity contribution in [3.63, 3.8) is 0 Å². The van der Waals surface area contributed by atoms with Crippen molar-refractivity contribution in [2.24, 2.45) is 0 Å². The Morgan fingerprint density at radius 1 is 1.06 bits per heavy atom. The van der Waals surface area contributed by atoms with Crippen LogP contribution in [0.25, 0.3) is 27.2 Å². The molecule has 0 saturated carbocycles. The van der Waals surface area contributed by atoms with E-state index in [-0.39, 0.29) is 18.0 Å². The summed E-state index contributed by atoms with van der Waals surface area (Å²) in [5.74, 6) is 0.186. The number of anilines is 1. The zero-order valence-corrected chi connectivity index (χ0v) is 18.0. The molecule has 1 N–H and O–H groups in total. The average Bonchev–Trinajstić information content (AvgIpc) is 3.45. The summed E-state index contributed by atoms with van der Waals surface area (Å²) >= 11 is 1.40. The topological polar surface area (TPSA) is 81.8 Å². The predicted molar refractivity (Wildman–Crippen MR) is 126 cm³/mol. The monoisotopic (exact) mass is 441 g/mol. The molecule has 5 rings (SSSR count). The Kier molecular flexibility index (Phi) is 5.12. The molecule has 0 aliphatic rings. The molecule has 0 bridgehead atoms. The molecule has 3 aromatic heterocycles. The number of carbonyl (C=O) groups excluding carboxylic acids is 1. The Morgan fingerprint density at radius 2 is 1.84 bits per heavy atom. The average molecular weight is 442 g/mol. The van der Waals surface area contributed by atoms with Crippen molar-refractivity contribution in [1.82, 2.24) is 19.3 Å². The molecule has 2 aromatic carbocycles. The first-order valence-corrected chi connectivity index (χ1v) is 10.9. The number of benzene rings is 2. The number of nitrogens with one attached hydrogen (secondary N) is 1.